The fourth-order valence-corrected chi connectivity index (χ4v) is 5.18. The maximum absolute atomic E-state index is 14.0. The second-order valence-electron chi connectivity index (χ2n) is 10.1. The van der Waals surface area contributed by atoms with Crippen LogP contribution in [0.15, 0.2) is 44.2 Å². The molecule has 12 heteroatoms. The van der Waals surface area contributed by atoms with E-state index in [0.717, 1.165) is 11.2 Å². The normalized spacial score (nSPS) is 17.0. The summed E-state index contributed by atoms with van der Waals surface area (Å²) in [4.78, 5) is 63.9. The summed E-state index contributed by atoms with van der Waals surface area (Å²) in [6.45, 7) is 5.47. The van der Waals surface area contributed by atoms with Gasteiger partial charge in [0, 0.05) is 24.8 Å². The maximum atomic E-state index is 14.0. The van der Waals surface area contributed by atoms with Crippen molar-refractivity contribution >= 4 is 34.5 Å². The van der Waals surface area contributed by atoms with Gasteiger partial charge in [0.25, 0.3) is 5.91 Å². The van der Waals surface area contributed by atoms with E-state index >= 15 is 0 Å². The molecule has 1 saturated heterocycles. The van der Waals surface area contributed by atoms with Crippen LogP contribution in [0.1, 0.15) is 68.4 Å². The lowest BCUT2D eigenvalue weighted by atomic mass is 9.96. The van der Waals surface area contributed by atoms with Gasteiger partial charge >= 0.3 is 5.82 Å². The van der Waals surface area contributed by atoms with Gasteiger partial charge in [-0.1, -0.05) is 19.9 Å². The minimum absolute atomic E-state index is 0.0374. The van der Waals surface area contributed by atoms with Crippen LogP contribution in [0.3, 0.4) is 0 Å². The molecule has 1 aliphatic heterocycles. The molecule has 1 aromatic carbocycles. The van der Waals surface area contributed by atoms with Crippen LogP contribution in [-0.4, -0.2) is 46.8 Å². The highest BCUT2D eigenvalue weighted by atomic mass is 16.6. The number of likely N-dealkylation sites (tertiary alicyclic amines) is 1. The highest BCUT2D eigenvalue weighted by molar-refractivity contribution is 6.01. The molecule has 4 rings (SSSR count). The number of rotatable bonds is 10. The first-order valence-corrected chi connectivity index (χ1v) is 12.7. The number of fused-ring (bicyclic) bond motifs is 1. The molecule has 0 aliphatic carbocycles. The molecular formula is C27H32N4O8. The highest BCUT2D eigenvalue weighted by Gasteiger charge is 2.38. The number of nitrogens with two attached hydrogens (primary N) is 1. The van der Waals surface area contributed by atoms with Gasteiger partial charge in [0.2, 0.25) is 17.7 Å². The Balaban J connectivity index is 1.73. The van der Waals surface area contributed by atoms with E-state index in [-0.39, 0.29) is 42.2 Å². The summed E-state index contributed by atoms with van der Waals surface area (Å²) in [7, 11) is 1.51. The molecule has 2 aromatic heterocycles. The molecule has 3 aromatic rings. The van der Waals surface area contributed by atoms with Gasteiger partial charge in [-0.25, -0.2) is 4.79 Å². The summed E-state index contributed by atoms with van der Waals surface area (Å²) >= 11 is 0. The van der Waals surface area contributed by atoms with Crippen LogP contribution in [0.4, 0.5) is 0 Å². The van der Waals surface area contributed by atoms with Crippen molar-refractivity contribution in [3.63, 3.8) is 0 Å². The number of carbonyl (C=O) groups is 4. The number of nitrogens with one attached hydrogen (secondary N) is 1. The van der Waals surface area contributed by atoms with E-state index in [4.69, 9.17) is 19.3 Å². The van der Waals surface area contributed by atoms with Crippen molar-refractivity contribution in [2.45, 2.75) is 52.1 Å². The molecule has 3 heterocycles. The van der Waals surface area contributed by atoms with Crippen LogP contribution in [0.25, 0.3) is 10.9 Å². The Hall–Kier alpha value is -4.35. The minimum Gasteiger partial charge on any atom is -0.496 e. The topological polar surface area (TPSA) is 167 Å². The number of carbonyl (C=O) groups excluding carboxylic acids is 4. The molecule has 12 nitrogen and oxygen atoms in total. The average Bonchev–Trinajstić information content (AvgIpc) is 3.58. The predicted octanol–water partition coefficient (Wildman–Crippen LogP) is 2.52. The van der Waals surface area contributed by atoms with Crippen molar-refractivity contribution < 1.29 is 32.7 Å². The van der Waals surface area contributed by atoms with Crippen LogP contribution < -0.4 is 21.6 Å². The molecule has 39 heavy (non-hydrogen) atoms. The summed E-state index contributed by atoms with van der Waals surface area (Å²) < 4.78 is 17.0. The molecule has 0 saturated carbocycles. The monoisotopic (exact) mass is 540 g/mol. The number of benzene rings is 1. The molecular weight excluding hydrogens is 508 g/mol. The number of amides is 4. The number of nitrogens with zero attached hydrogens (tertiary/aromatic N) is 2. The van der Waals surface area contributed by atoms with Gasteiger partial charge < -0.3 is 29.2 Å². The number of methoxy groups -OCH3 is 1. The van der Waals surface area contributed by atoms with Gasteiger partial charge in [-0.15, -0.1) is 0 Å². The van der Waals surface area contributed by atoms with Crippen molar-refractivity contribution in [3.8, 4) is 5.75 Å². The van der Waals surface area contributed by atoms with E-state index in [0.29, 0.717) is 29.5 Å². The van der Waals surface area contributed by atoms with Crippen LogP contribution >= 0.6 is 0 Å². The molecule has 3 atom stereocenters. The third kappa shape index (κ3) is 5.59. The number of ether oxygens (including phenoxy) is 1. The van der Waals surface area contributed by atoms with E-state index in [2.05, 4.69) is 5.32 Å². The van der Waals surface area contributed by atoms with Gasteiger partial charge in [-0.2, -0.15) is 0 Å². The highest BCUT2D eigenvalue weighted by Crippen LogP contribution is 2.35. The number of hydrogen-bond acceptors (Lipinski definition) is 8. The number of hydrogen-bond donors (Lipinski definition) is 2. The Morgan fingerprint density at radius 3 is 2.54 bits per heavy atom. The quantitative estimate of drug-likeness (QED) is 0.396. The SMILES string of the molecule is COc1cccc2c1cc(C(N)=O)n2[C@@H](CC(C)C)C(=O)N[C@@H](C[C@@H]1CCN(C(C)=O)C1=O)c1coc(=O)o1. The van der Waals surface area contributed by atoms with E-state index in [1.165, 1.54) is 14.0 Å². The van der Waals surface area contributed by atoms with Gasteiger partial charge in [-0.05, 0) is 43.4 Å². The first kappa shape index (κ1) is 27.7. The predicted molar refractivity (Wildman–Crippen MR) is 139 cm³/mol. The Morgan fingerprint density at radius 2 is 1.97 bits per heavy atom. The Morgan fingerprint density at radius 1 is 1.23 bits per heavy atom. The van der Waals surface area contributed by atoms with E-state index in [9.17, 15) is 24.0 Å². The smallest absolute Gasteiger partial charge is 0.496 e. The fourth-order valence-electron chi connectivity index (χ4n) is 5.18. The van der Waals surface area contributed by atoms with E-state index in [1.807, 2.05) is 13.8 Å². The molecule has 0 spiro atoms. The Bertz CT molecular complexity index is 1470. The van der Waals surface area contributed by atoms with Crippen LogP contribution in [0.2, 0.25) is 0 Å². The summed E-state index contributed by atoms with van der Waals surface area (Å²) in [5, 5.41) is 3.52. The van der Waals surface area contributed by atoms with Crippen LogP contribution in [0.5, 0.6) is 5.75 Å². The van der Waals surface area contributed by atoms with Crippen LogP contribution in [0, 0.1) is 11.8 Å². The second-order valence-corrected chi connectivity index (χ2v) is 10.1. The van der Waals surface area contributed by atoms with Crippen molar-refractivity contribution in [2.24, 2.45) is 17.6 Å². The molecule has 4 amide bonds. The number of primary amides is 1. The number of imide groups is 1. The molecule has 3 N–H and O–H groups in total. The Labute approximate surface area is 224 Å². The molecule has 0 unspecified atom stereocenters. The first-order valence-electron chi connectivity index (χ1n) is 12.7. The minimum atomic E-state index is -0.953. The van der Waals surface area contributed by atoms with Gasteiger partial charge in [0.05, 0.1) is 18.7 Å². The van der Waals surface area contributed by atoms with Gasteiger partial charge in [0.1, 0.15) is 23.7 Å². The van der Waals surface area contributed by atoms with E-state index in [1.54, 1.807) is 28.8 Å². The largest absolute Gasteiger partial charge is 0.518 e. The Kier molecular flexibility index (Phi) is 7.93. The van der Waals surface area contributed by atoms with Crippen LogP contribution in [-0.2, 0) is 14.4 Å². The summed E-state index contributed by atoms with van der Waals surface area (Å²) in [6.07, 6.45) is 1.91. The number of aromatic nitrogens is 1. The van der Waals surface area contributed by atoms with Crippen molar-refractivity contribution in [3.05, 3.63) is 52.6 Å². The third-order valence-corrected chi connectivity index (χ3v) is 6.97. The van der Waals surface area contributed by atoms with Crippen molar-refractivity contribution in [2.75, 3.05) is 13.7 Å². The second kappa shape index (κ2) is 11.2. The zero-order chi connectivity index (χ0) is 28.4. The third-order valence-electron chi connectivity index (χ3n) is 6.97. The van der Waals surface area contributed by atoms with Crippen molar-refractivity contribution in [1.82, 2.24) is 14.8 Å². The molecule has 0 bridgehead atoms. The molecule has 208 valence electrons. The lowest BCUT2D eigenvalue weighted by Crippen LogP contribution is -2.39. The summed E-state index contributed by atoms with van der Waals surface area (Å²) in [6, 6.07) is 5.07. The standard InChI is InChI=1S/C27H32N4O8/c1-14(2)10-21(31-19-6-5-7-22(37-4)17(19)12-20(31)24(28)33)25(34)29-18(23-13-38-27(36)39-23)11-16-8-9-30(15(3)32)26(16)35/h5-7,12-14,16,18,21H,8-11H2,1-4H3,(H2,28,33)(H,29,34)/t16-,18-,21-/m0/s1. The summed E-state index contributed by atoms with van der Waals surface area (Å²) in [5.41, 5.74) is 6.44. The average molecular weight is 541 g/mol. The summed E-state index contributed by atoms with van der Waals surface area (Å²) in [5.74, 6) is -2.84. The zero-order valence-electron chi connectivity index (χ0n) is 22.3. The van der Waals surface area contributed by atoms with Gasteiger partial charge in [-0.3, -0.25) is 24.1 Å². The lowest BCUT2D eigenvalue weighted by Gasteiger charge is -2.26. The fraction of sp³-hybridized carbons (Fsp3) is 0.444. The van der Waals surface area contributed by atoms with Gasteiger partial charge in [0.15, 0.2) is 5.76 Å². The zero-order valence-corrected chi connectivity index (χ0v) is 22.3. The van der Waals surface area contributed by atoms with Crippen molar-refractivity contribution in [1.29, 1.82) is 0 Å². The molecule has 1 aliphatic rings. The molecule has 0 radical (unpaired) electrons. The lowest BCUT2D eigenvalue weighted by molar-refractivity contribution is -0.142. The molecule has 1 fully saturated rings. The van der Waals surface area contributed by atoms with E-state index < -0.39 is 35.6 Å². The maximum Gasteiger partial charge on any atom is 0.518 e. The first-order chi connectivity index (χ1) is 18.5.